The van der Waals surface area contributed by atoms with Crippen molar-refractivity contribution in [3.05, 3.63) is 34.9 Å². The van der Waals surface area contributed by atoms with Crippen LogP contribution in [0.2, 0.25) is 0 Å². The van der Waals surface area contributed by atoms with Crippen LogP contribution in [0.1, 0.15) is 45.5 Å². The highest BCUT2D eigenvalue weighted by molar-refractivity contribution is 6.05. The van der Waals surface area contributed by atoms with Crippen molar-refractivity contribution in [2.45, 2.75) is 25.7 Å². The maximum atomic E-state index is 12.8. The number of carbonyl (C=O) groups is 2. The normalized spacial score (nSPS) is 21.5. The number of fused-ring (bicyclic) bond motifs is 1. The van der Waals surface area contributed by atoms with Gasteiger partial charge >= 0.3 is 0 Å². The first-order valence-corrected chi connectivity index (χ1v) is 7.79. The molecule has 0 spiro atoms. The molecule has 3 rings (SSSR count). The molecular formula is C17H22N2O2. The van der Waals surface area contributed by atoms with Gasteiger partial charge in [-0.3, -0.25) is 9.59 Å². The molecule has 112 valence electrons. The van der Waals surface area contributed by atoms with E-state index in [9.17, 15) is 9.59 Å². The summed E-state index contributed by atoms with van der Waals surface area (Å²) in [5, 5.41) is 3.20. The van der Waals surface area contributed by atoms with Gasteiger partial charge in [-0.1, -0.05) is 12.1 Å². The van der Waals surface area contributed by atoms with Gasteiger partial charge in [0.1, 0.15) is 0 Å². The number of hydrogen-bond donors (Lipinski definition) is 1. The Bertz CT molecular complexity index is 566. The van der Waals surface area contributed by atoms with Crippen LogP contribution in [0.15, 0.2) is 18.2 Å². The van der Waals surface area contributed by atoms with Crippen LogP contribution in [0.5, 0.6) is 0 Å². The molecule has 1 N–H and O–H groups in total. The molecule has 4 nitrogen and oxygen atoms in total. The van der Waals surface area contributed by atoms with Crippen LogP contribution in [0.3, 0.4) is 0 Å². The van der Waals surface area contributed by atoms with Crippen LogP contribution >= 0.6 is 0 Å². The Morgan fingerprint density at radius 2 is 2.24 bits per heavy atom. The number of nitrogens with zero attached hydrogens (tertiary/aromatic N) is 1. The standard InChI is InChI=1S/C17H22N2O2/c1-18-10-12-4-3-9-19(11-12)17(21)15-6-2-5-14-13(15)7-8-16(14)20/h2,5-6,12,18H,3-4,7-11H2,1H3/t12-/m1/s1. The molecule has 0 unspecified atom stereocenters. The lowest BCUT2D eigenvalue weighted by molar-refractivity contribution is 0.0673. The fourth-order valence-corrected chi connectivity index (χ4v) is 3.57. The van der Waals surface area contributed by atoms with Crippen LogP contribution in [0.4, 0.5) is 0 Å². The second-order valence-corrected chi connectivity index (χ2v) is 6.07. The fraction of sp³-hybridized carbons (Fsp3) is 0.529. The highest BCUT2D eigenvalue weighted by atomic mass is 16.2. The third kappa shape index (κ3) is 2.72. The van der Waals surface area contributed by atoms with Crippen LogP contribution in [0, 0.1) is 5.92 Å². The van der Waals surface area contributed by atoms with Gasteiger partial charge in [-0.25, -0.2) is 0 Å². The topological polar surface area (TPSA) is 49.4 Å². The zero-order valence-electron chi connectivity index (χ0n) is 12.5. The van der Waals surface area contributed by atoms with E-state index in [0.717, 1.165) is 42.7 Å². The molecule has 1 aromatic carbocycles. The zero-order valence-corrected chi connectivity index (χ0v) is 12.5. The number of hydrogen-bond acceptors (Lipinski definition) is 3. The highest BCUT2D eigenvalue weighted by Crippen LogP contribution is 2.27. The summed E-state index contributed by atoms with van der Waals surface area (Å²) in [4.78, 5) is 26.6. The summed E-state index contributed by atoms with van der Waals surface area (Å²) in [5.74, 6) is 0.805. The highest BCUT2D eigenvalue weighted by Gasteiger charge is 2.29. The molecule has 1 saturated heterocycles. The zero-order chi connectivity index (χ0) is 14.8. The van der Waals surface area contributed by atoms with Crippen molar-refractivity contribution in [1.82, 2.24) is 10.2 Å². The average Bonchev–Trinajstić information content (AvgIpc) is 2.89. The van der Waals surface area contributed by atoms with Gasteiger partial charge in [0.05, 0.1) is 0 Å². The maximum absolute atomic E-state index is 12.8. The van der Waals surface area contributed by atoms with Crippen molar-refractivity contribution in [2.75, 3.05) is 26.7 Å². The monoisotopic (exact) mass is 286 g/mol. The SMILES string of the molecule is CNC[C@H]1CCCN(C(=O)c2cccc3c2CCC3=O)C1. The quantitative estimate of drug-likeness (QED) is 0.923. The molecule has 1 amide bonds. The number of benzene rings is 1. The summed E-state index contributed by atoms with van der Waals surface area (Å²) in [6, 6.07) is 5.56. The summed E-state index contributed by atoms with van der Waals surface area (Å²) < 4.78 is 0. The lowest BCUT2D eigenvalue weighted by atomic mass is 9.96. The van der Waals surface area contributed by atoms with E-state index in [0.29, 0.717) is 18.8 Å². The minimum absolute atomic E-state index is 0.0994. The Balaban J connectivity index is 1.81. The largest absolute Gasteiger partial charge is 0.338 e. The average molecular weight is 286 g/mol. The Hall–Kier alpha value is -1.68. The summed E-state index contributed by atoms with van der Waals surface area (Å²) in [6.07, 6.45) is 3.49. The Morgan fingerprint density at radius 3 is 3.05 bits per heavy atom. The molecule has 21 heavy (non-hydrogen) atoms. The van der Waals surface area contributed by atoms with Crippen molar-refractivity contribution in [1.29, 1.82) is 0 Å². The van der Waals surface area contributed by atoms with Crippen molar-refractivity contribution >= 4 is 11.7 Å². The number of amides is 1. The fourth-order valence-electron chi connectivity index (χ4n) is 3.57. The van der Waals surface area contributed by atoms with Gasteiger partial charge in [0.25, 0.3) is 5.91 Å². The van der Waals surface area contributed by atoms with Gasteiger partial charge in [-0.05, 0) is 50.4 Å². The third-order valence-corrected chi connectivity index (χ3v) is 4.61. The van der Waals surface area contributed by atoms with Crippen molar-refractivity contribution < 1.29 is 9.59 Å². The number of piperidine rings is 1. The Kier molecular flexibility index (Phi) is 4.06. The number of rotatable bonds is 3. The molecule has 4 heteroatoms. The Morgan fingerprint density at radius 1 is 1.38 bits per heavy atom. The number of carbonyl (C=O) groups excluding carboxylic acids is 2. The molecule has 0 bridgehead atoms. The molecule has 2 aliphatic rings. The summed E-state index contributed by atoms with van der Waals surface area (Å²) in [6.45, 7) is 2.60. The first kappa shape index (κ1) is 14.3. The molecule has 1 aromatic rings. The van der Waals surface area contributed by atoms with Crippen LogP contribution in [-0.4, -0.2) is 43.3 Å². The number of likely N-dealkylation sites (tertiary alicyclic amines) is 1. The molecule has 0 radical (unpaired) electrons. The van der Waals surface area contributed by atoms with Crippen LogP contribution in [0.25, 0.3) is 0 Å². The molecule has 1 atom stereocenters. The third-order valence-electron chi connectivity index (χ3n) is 4.61. The molecule has 0 aromatic heterocycles. The molecule has 1 fully saturated rings. The first-order valence-electron chi connectivity index (χ1n) is 7.79. The first-order chi connectivity index (χ1) is 10.2. The van der Waals surface area contributed by atoms with Gasteiger partial charge in [0.15, 0.2) is 5.78 Å². The maximum Gasteiger partial charge on any atom is 0.254 e. The Labute approximate surface area is 125 Å². The van der Waals surface area contributed by atoms with Gasteiger partial charge in [-0.2, -0.15) is 0 Å². The van der Waals surface area contributed by atoms with Crippen molar-refractivity contribution in [3.63, 3.8) is 0 Å². The molecule has 0 saturated carbocycles. The van der Waals surface area contributed by atoms with Crippen molar-refractivity contribution in [2.24, 2.45) is 5.92 Å². The number of ketones is 1. The van der Waals surface area contributed by atoms with Crippen LogP contribution < -0.4 is 5.32 Å². The van der Waals surface area contributed by atoms with E-state index in [1.807, 2.05) is 30.1 Å². The summed E-state index contributed by atoms with van der Waals surface area (Å²) >= 11 is 0. The van der Waals surface area contributed by atoms with Crippen LogP contribution in [-0.2, 0) is 6.42 Å². The summed E-state index contributed by atoms with van der Waals surface area (Å²) in [5.41, 5.74) is 2.45. The second kappa shape index (κ2) is 5.98. The lowest BCUT2D eigenvalue weighted by Gasteiger charge is -2.33. The van der Waals surface area contributed by atoms with E-state index in [1.54, 1.807) is 0 Å². The van der Waals surface area contributed by atoms with E-state index in [-0.39, 0.29) is 11.7 Å². The minimum atomic E-state index is 0.0994. The van der Waals surface area contributed by atoms with Crippen molar-refractivity contribution in [3.8, 4) is 0 Å². The number of Topliss-reactive ketones (excluding diaryl/α,β-unsaturated/α-hetero) is 1. The minimum Gasteiger partial charge on any atom is -0.338 e. The van der Waals surface area contributed by atoms with E-state index in [2.05, 4.69) is 5.32 Å². The van der Waals surface area contributed by atoms with Gasteiger partial charge in [0.2, 0.25) is 0 Å². The lowest BCUT2D eigenvalue weighted by Crippen LogP contribution is -2.42. The van der Waals surface area contributed by atoms with E-state index in [4.69, 9.17) is 0 Å². The van der Waals surface area contributed by atoms with Gasteiger partial charge < -0.3 is 10.2 Å². The predicted molar refractivity (Wildman–Crippen MR) is 81.6 cm³/mol. The van der Waals surface area contributed by atoms with Gasteiger partial charge in [0, 0.05) is 30.6 Å². The summed E-state index contributed by atoms with van der Waals surface area (Å²) in [7, 11) is 1.95. The van der Waals surface area contributed by atoms with E-state index in [1.165, 1.54) is 6.42 Å². The molecule has 1 aliphatic heterocycles. The smallest absolute Gasteiger partial charge is 0.254 e. The molecule has 1 aliphatic carbocycles. The van der Waals surface area contributed by atoms with E-state index >= 15 is 0 Å². The van der Waals surface area contributed by atoms with Gasteiger partial charge in [-0.15, -0.1) is 0 Å². The second-order valence-electron chi connectivity index (χ2n) is 6.07. The predicted octanol–water partition coefficient (Wildman–Crippen LogP) is 1.89. The molecular weight excluding hydrogens is 264 g/mol. The van der Waals surface area contributed by atoms with E-state index < -0.39 is 0 Å². The molecule has 1 heterocycles. The number of nitrogens with one attached hydrogen (secondary N) is 1.